The molecule has 0 spiro atoms. The van der Waals surface area contributed by atoms with Crippen molar-refractivity contribution >= 4 is 30.7 Å². The number of hydrogen-bond donors (Lipinski definition) is 2. The third-order valence-electron chi connectivity index (χ3n) is 4.57. The molecule has 0 saturated carbocycles. The van der Waals surface area contributed by atoms with Gasteiger partial charge in [-0.3, -0.25) is 9.69 Å². The lowest BCUT2D eigenvalue weighted by Gasteiger charge is -2.34. The molecular formula is C18H29Cl2N3O3. The molecule has 0 radical (unpaired) electrons. The summed E-state index contributed by atoms with van der Waals surface area (Å²) in [4.78, 5) is 14.7. The van der Waals surface area contributed by atoms with Crippen molar-refractivity contribution in [1.29, 1.82) is 0 Å². The second-order valence-electron chi connectivity index (χ2n) is 6.47. The van der Waals surface area contributed by atoms with E-state index in [1.54, 1.807) is 0 Å². The molecule has 3 atom stereocenters. The number of morpholine rings is 2. The number of hydrogen-bond acceptors (Lipinski definition) is 5. The highest BCUT2D eigenvalue weighted by Gasteiger charge is 2.29. The van der Waals surface area contributed by atoms with Crippen LogP contribution in [0.25, 0.3) is 0 Å². The van der Waals surface area contributed by atoms with Crippen molar-refractivity contribution in [2.24, 2.45) is 0 Å². The van der Waals surface area contributed by atoms with Crippen molar-refractivity contribution in [1.82, 2.24) is 15.5 Å². The molecule has 0 bridgehead atoms. The minimum absolute atomic E-state index is 0. The largest absolute Gasteiger partial charge is 0.375 e. The molecule has 2 saturated heterocycles. The SMILES string of the molecule is C[C@H]1OCCN[C@@H]1C(=O)NCC1CN(Cc2ccccc2)CCO1.Cl.Cl. The van der Waals surface area contributed by atoms with Gasteiger partial charge in [0.25, 0.3) is 0 Å². The van der Waals surface area contributed by atoms with Gasteiger partial charge in [0.2, 0.25) is 5.91 Å². The van der Waals surface area contributed by atoms with Crippen molar-refractivity contribution in [2.45, 2.75) is 31.7 Å². The van der Waals surface area contributed by atoms with Gasteiger partial charge in [-0.05, 0) is 12.5 Å². The number of carbonyl (C=O) groups is 1. The van der Waals surface area contributed by atoms with Crippen LogP contribution in [0, 0.1) is 0 Å². The number of amides is 1. The molecule has 26 heavy (non-hydrogen) atoms. The van der Waals surface area contributed by atoms with Crippen LogP contribution in [0.5, 0.6) is 0 Å². The number of nitrogens with zero attached hydrogens (tertiary/aromatic N) is 1. The summed E-state index contributed by atoms with van der Waals surface area (Å²) < 4.78 is 11.3. The van der Waals surface area contributed by atoms with Crippen molar-refractivity contribution < 1.29 is 14.3 Å². The van der Waals surface area contributed by atoms with Crippen LogP contribution < -0.4 is 10.6 Å². The predicted molar refractivity (Wildman–Crippen MR) is 106 cm³/mol. The second-order valence-corrected chi connectivity index (χ2v) is 6.47. The fourth-order valence-corrected chi connectivity index (χ4v) is 3.24. The third kappa shape index (κ3) is 6.68. The highest BCUT2D eigenvalue weighted by molar-refractivity contribution is 5.85. The molecule has 2 N–H and O–H groups in total. The maximum atomic E-state index is 12.3. The van der Waals surface area contributed by atoms with Crippen molar-refractivity contribution in [2.75, 3.05) is 39.4 Å². The van der Waals surface area contributed by atoms with Crippen LogP contribution >= 0.6 is 24.8 Å². The predicted octanol–water partition coefficient (Wildman–Crippen LogP) is 1.22. The minimum atomic E-state index is -0.275. The highest BCUT2D eigenvalue weighted by atomic mass is 35.5. The van der Waals surface area contributed by atoms with Gasteiger partial charge in [-0.25, -0.2) is 0 Å². The molecule has 8 heteroatoms. The molecule has 1 unspecified atom stereocenters. The average molecular weight is 406 g/mol. The van der Waals surface area contributed by atoms with E-state index in [0.29, 0.717) is 26.3 Å². The van der Waals surface area contributed by atoms with Crippen molar-refractivity contribution in [3.8, 4) is 0 Å². The first-order valence-corrected chi connectivity index (χ1v) is 8.73. The van der Waals surface area contributed by atoms with E-state index in [1.807, 2.05) is 13.0 Å². The van der Waals surface area contributed by atoms with E-state index in [1.165, 1.54) is 5.56 Å². The summed E-state index contributed by atoms with van der Waals surface area (Å²) >= 11 is 0. The van der Waals surface area contributed by atoms with Gasteiger partial charge < -0.3 is 20.1 Å². The maximum absolute atomic E-state index is 12.3. The number of nitrogens with one attached hydrogen (secondary N) is 2. The Hall–Kier alpha value is -0.890. The standard InChI is InChI=1S/C18H27N3O3.2ClH/c1-14-17(19-7-9-23-14)18(22)20-11-16-13-21(8-10-24-16)12-15-5-3-2-4-6-15;;/h2-6,14,16-17,19H,7-13H2,1H3,(H,20,22);2*1H/t14-,16?,17+;;/m1../s1. The molecule has 2 fully saturated rings. The van der Waals surface area contributed by atoms with E-state index >= 15 is 0 Å². The smallest absolute Gasteiger partial charge is 0.239 e. The lowest BCUT2D eigenvalue weighted by atomic mass is 10.1. The number of benzene rings is 1. The van der Waals surface area contributed by atoms with Crippen LogP contribution in [0.15, 0.2) is 30.3 Å². The Morgan fingerprint density at radius 2 is 2.00 bits per heavy atom. The Bertz CT molecular complexity index is 536. The lowest BCUT2D eigenvalue weighted by molar-refractivity contribution is -0.130. The van der Waals surface area contributed by atoms with Gasteiger partial charge in [-0.1, -0.05) is 30.3 Å². The molecule has 2 heterocycles. The Kier molecular flexibility index (Phi) is 10.5. The van der Waals surface area contributed by atoms with E-state index < -0.39 is 0 Å². The van der Waals surface area contributed by atoms with Crippen LogP contribution in [-0.4, -0.2) is 68.4 Å². The molecule has 1 aromatic rings. The lowest BCUT2D eigenvalue weighted by Crippen LogP contribution is -2.57. The zero-order valence-electron chi connectivity index (χ0n) is 15.1. The van der Waals surface area contributed by atoms with Gasteiger partial charge >= 0.3 is 0 Å². The fourth-order valence-electron chi connectivity index (χ4n) is 3.24. The van der Waals surface area contributed by atoms with E-state index in [2.05, 4.69) is 39.8 Å². The summed E-state index contributed by atoms with van der Waals surface area (Å²) in [5.74, 6) is -0.00835. The van der Waals surface area contributed by atoms with Crippen LogP contribution in [0.2, 0.25) is 0 Å². The molecule has 1 amide bonds. The van der Waals surface area contributed by atoms with Crippen molar-refractivity contribution in [3.63, 3.8) is 0 Å². The van der Waals surface area contributed by atoms with E-state index in [-0.39, 0.29) is 49.0 Å². The summed E-state index contributed by atoms with van der Waals surface area (Å²) in [6, 6.07) is 10.2. The first kappa shape index (κ1) is 23.1. The molecule has 6 nitrogen and oxygen atoms in total. The zero-order valence-corrected chi connectivity index (χ0v) is 16.7. The maximum Gasteiger partial charge on any atom is 0.239 e. The summed E-state index contributed by atoms with van der Waals surface area (Å²) in [6.07, 6.45) is -0.0631. The number of carbonyl (C=O) groups excluding carboxylic acids is 1. The molecule has 3 rings (SSSR count). The van der Waals surface area contributed by atoms with Gasteiger partial charge in [-0.2, -0.15) is 0 Å². The Labute approximate surface area is 167 Å². The molecule has 148 valence electrons. The molecule has 0 aliphatic carbocycles. The first-order valence-electron chi connectivity index (χ1n) is 8.73. The van der Waals surface area contributed by atoms with Gasteiger partial charge in [0.15, 0.2) is 0 Å². The van der Waals surface area contributed by atoms with Crippen LogP contribution in [0.1, 0.15) is 12.5 Å². The van der Waals surface area contributed by atoms with E-state index in [9.17, 15) is 4.79 Å². The highest BCUT2D eigenvalue weighted by Crippen LogP contribution is 2.10. The molecule has 2 aliphatic rings. The van der Waals surface area contributed by atoms with Gasteiger partial charge in [0.05, 0.1) is 25.4 Å². The third-order valence-corrected chi connectivity index (χ3v) is 4.57. The normalized spacial score (nSPS) is 26.3. The number of halogens is 2. The Balaban J connectivity index is 0.00000169. The number of ether oxygens (including phenoxy) is 2. The summed E-state index contributed by atoms with van der Waals surface area (Å²) in [5, 5.41) is 6.21. The van der Waals surface area contributed by atoms with Gasteiger partial charge in [0, 0.05) is 32.7 Å². The molecular weight excluding hydrogens is 377 g/mol. The van der Waals surface area contributed by atoms with Crippen molar-refractivity contribution in [3.05, 3.63) is 35.9 Å². The van der Waals surface area contributed by atoms with Gasteiger partial charge in [0.1, 0.15) is 6.04 Å². The topological polar surface area (TPSA) is 62.8 Å². The second kappa shape index (κ2) is 11.7. The molecule has 1 aromatic carbocycles. The van der Waals surface area contributed by atoms with E-state index in [0.717, 1.165) is 19.6 Å². The minimum Gasteiger partial charge on any atom is -0.375 e. The Morgan fingerprint density at radius 3 is 2.73 bits per heavy atom. The van der Waals surface area contributed by atoms with E-state index in [4.69, 9.17) is 9.47 Å². The van der Waals surface area contributed by atoms with Crippen LogP contribution in [0.3, 0.4) is 0 Å². The molecule has 0 aromatic heterocycles. The van der Waals surface area contributed by atoms with Crippen LogP contribution in [0.4, 0.5) is 0 Å². The average Bonchev–Trinajstić information content (AvgIpc) is 2.61. The quantitative estimate of drug-likeness (QED) is 0.770. The molecule has 2 aliphatic heterocycles. The summed E-state index contributed by atoms with van der Waals surface area (Å²) in [5.41, 5.74) is 1.31. The van der Waals surface area contributed by atoms with Crippen LogP contribution in [-0.2, 0) is 20.8 Å². The zero-order chi connectivity index (χ0) is 16.8. The Morgan fingerprint density at radius 1 is 1.23 bits per heavy atom. The summed E-state index contributed by atoms with van der Waals surface area (Å²) in [6.45, 7) is 7.22. The summed E-state index contributed by atoms with van der Waals surface area (Å²) in [7, 11) is 0. The monoisotopic (exact) mass is 405 g/mol. The fraction of sp³-hybridized carbons (Fsp3) is 0.611. The first-order chi connectivity index (χ1) is 11.7. The van der Waals surface area contributed by atoms with Gasteiger partial charge in [-0.15, -0.1) is 24.8 Å². The number of rotatable bonds is 5.